The van der Waals surface area contributed by atoms with Gasteiger partial charge in [0, 0.05) is 12.5 Å². The van der Waals surface area contributed by atoms with Gasteiger partial charge < -0.3 is 5.32 Å². The quantitative estimate of drug-likeness (QED) is 0.926. The zero-order chi connectivity index (χ0) is 13.9. The first kappa shape index (κ1) is 13.4. The van der Waals surface area contributed by atoms with Gasteiger partial charge in [-0.15, -0.1) is 0 Å². The molecule has 0 amide bonds. The van der Waals surface area contributed by atoms with Crippen molar-refractivity contribution < 1.29 is 12.8 Å². The Kier molecular flexibility index (Phi) is 3.75. The minimum absolute atomic E-state index is 0.0545. The molecular weight excluding hydrogens is 269 g/mol. The molecule has 0 atom stereocenters. The summed E-state index contributed by atoms with van der Waals surface area (Å²) in [6.45, 7) is 0. The molecule has 5 nitrogen and oxygen atoms in total. The van der Waals surface area contributed by atoms with Crippen LogP contribution >= 0.6 is 0 Å². The van der Waals surface area contributed by atoms with Gasteiger partial charge in [-0.05, 0) is 29.8 Å². The van der Waals surface area contributed by atoms with Crippen LogP contribution in [-0.4, -0.2) is 24.6 Å². The van der Waals surface area contributed by atoms with Crippen LogP contribution in [0.3, 0.4) is 0 Å². The van der Waals surface area contributed by atoms with Gasteiger partial charge in [-0.1, -0.05) is 0 Å². The Hall–Kier alpha value is -2.02. The molecular formula is C12H12FN3O2S. The van der Waals surface area contributed by atoms with Crippen molar-refractivity contribution in [3.8, 4) is 0 Å². The highest BCUT2D eigenvalue weighted by Gasteiger charge is 2.06. The summed E-state index contributed by atoms with van der Waals surface area (Å²) in [5.74, 6) is 0.413. The number of hydrogen-bond acceptors (Lipinski definition) is 5. The number of pyridine rings is 2. The maximum absolute atomic E-state index is 12.7. The lowest BCUT2D eigenvalue weighted by molar-refractivity contribution is 0.601. The summed E-state index contributed by atoms with van der Waals surface area (Å²) in [6.07, 6.45) is 3.76. The molecule has 0 aliphatic carbocycles. The second-order valence-electron chi connectivity index (χ2n) is 4.11. The van der Waals surface area contributed by atoms with Crippen molar-refractivity contribution in [2.24, 2.45) is 0 Å². The van der Waals surface area contributed by atoms with Gasteiger partial charge in [0.2, 0.25) is 0 Å². The Bertz CT molecular complexity index is 672. The van der Waals surface area contributed by atoms with Crippen LogP contribution in [0.15, 0.2) is 36.7 Å². The second-order valence-corrected chi connectivity index (χ2v) is 6.25. The molecule has 19 heavy (non-hydrogen) atoms. The number of sulfone groups is 1. The summed E-state index contributed by atoms with van der Waals surface area (Å²) in [7, 11) is -3.09. The molecule has 7 heteroatoms. The van der Waals surface area contributed by atoms with Gasteiger partial charge in [-0.25, -0.2) is 22.8 Å². The average molecular weight is 281 g/mol. The van der Waals surface area contributed by atoms with E-state index in [0.717, 1.165) is 6.20 Å². The Morgan fingerprint density at radius 3 is 2.63 bits per heavy atom. The van der Waals surface area contributed by atoms with Gasteiger partial charge in [0.25, 0.3) is 0 Å². The van der Waals surface area contributed by atoms with Gasteiger partial charge in [0.15, 0.2) is 9.84 Å². The second kappa shape index (κ2) is 5.31. The first-order valence-electron chi connectivity index (χ1n) is 5.44. The molecule has 0 aliphatic heterocycles. The highest BCUT2D eigenvalue weighted by atomic mass is 32.2. The standard InChI is InChI=1S/C12H12FN3O2S/c1-19(17,18)8-9-4-5-14-12(6-9)16-11-3-2-10(13)7-15-11/h2-7H,8H2,1H3,(H,14,15,16). The van der Waals surface area contributed by atoms with E-state index in [0.29, 0.717) is 17.2 Å². The SMILES string of the molecule is CS(=O)(=O)Cc1ccnc(Nc2ccc(F)cn2)c1. The number of hydrogen-bond donors (Lipinski definition) is 1. The lowest BCUT2D eigenvalue weighted by atomic mass is 10.3. The van der Waals surface area contributed by atoms with Crippen LogP contribution in [0, 0.1) is 5.82 Å². The summed E-state index contributed by atoms with van der Waals surface area (Å²) in [4.78, 5) is 7.88. The van der Waals surface area contributed by atoms with Crippen LogP contribution < -0.4 is 5.32 Å². The van der Waals surface area contributed by atoms with Crippen molar-refractivity contribution in [1.82, 2.24) is 9.97 Å². The molecule has 0 unspecified atom stereocenters. The average Bonchev–Trinajstić information content (AvgIpc) is 2.30. The van der Waals surface area contributed by atoms with Crippen molar-refractivity contribution >= 4 is 21.5 Å². The van der Waals surface area contributed by atoms with Gasteiger partial charge in [-0.3, -0.25) is 0 Å². The minimum atomic E-state index is -3.09. The van der Waals surface area contributed by atoms with Crippen LogP contribution in [0.5, 0.6) is 0 Å². The molecule has 0 spiro atoms. The van der Waals surface area contributed by atoms with Crippen LogP contribution in [0.25, 0.3) is 0 Å². The molecule has 0 saturated carbocycles. The van der Waals surface area contributed by atoms with E-state index in [1.165, 1.54) is 24.6 Å². The third kappa shape index (κ3) is 4.29. The van der Waals surface area contributed by atoms with E-state index in [2.05, 4.69) is 15.3 Å². The number of anilines is 2. The van der Waals surface area contributed by atoms with Crippen LogP contribution in [0.1, 0.15) is 5.56 Å². The molecule has 0 bridgehead atoms. The van der Waals surface area contributed by atoms with Gasteiger partial charge in [-0.2, -0.15) is 0 Å². The predicted octanol–water partition coefficient (Wildman–Crippen LogP) is 1.90. The summed E-state index contributed by atoms with van der Waals surface area (Å²) >= 11 is 0. The Labute approximate surface area is 110 Å². The fourth-order valence-corrected chi connectivity index (χ4v) is 2.30. The highest BCUT2D eigenvalue weighted by Crippen LogP contribution is 2.14. The van der Waals surface area contributed by atoms with Gasteiger partial charge in [0.05, 0.1) is 11.9 Å². The van der Waals surface area contributed by atoms with Crippen molar-refractivity contribution in [2.75, 3.05) is 11.6 Å². The lowest BCUT2D eigenvalue weighted by Crippen LogP contribution is -2.02. The van der Waals surface area contributed by atoms with E-state index in [4.69, 9.17) is 0 Å². The molecule has 100 valence electrons. The van der Waals surface area contributed by atoms with E-state index >= 15 is 0 Å². The smallest absolute Gasteiger partial charge is 0.151 e. The van der Waals surface area contributed by atoms with Crippen molar-refractivity contribution in [3.63, 3.8) is 0 Å². The van der Waals surface area contributed by atoms with Crippen molar-refractivity contribution in [2.45, 2.75) is 5.75 Å². The summed E-state index contributed by atoms with van der Waals surface area (Å²) in [5.41, 5.74) is 0.627. The molecule has 1 N–H and O–H groups in total. The predicted molar refractivity (Wildman–Crippen MR) is 70.3 cm³/mol. The number of rotatable bonds is 4. The van der Waals surface area contributed by atoms with Crippen LogP contribution in [-0.2, 0) is 15.6 Å². The minimum Gasteiger partial charge on any atom is -0.325 e. The Morgan fingerprint density at radius 1 is 1.21 bits per heavy atom. The fourth-order valence-electron chi connectivity index (χ4n) is 1.52. The number of nitrogens with one attached hydrogen (secondary N) is 1. The molecule has 0 aliphatic rings. The third-order valence-electron chi connectivity index (χ3n) is 2.24. The highest BCUT2D eigenvalue weighted by molar-refractivity contribution is 7.89. The van der Waals surface area contributed by atoms with E-state index < -0.39 is 15.7 Å². The largest absolute Gasteiger partial charge is 0.325 e. The summed E-state index contributed by atoms with van der Waals surface area (Å²) in [5, 5.41) is 2.87. The van der Waals surface area contributed by atoms with Crippen molar-refractivity contribution in [3.05, 3.63) is 48.0 Å². The molecule has 2 heterocycles. The number of aromatic nitrogens is 2. The number of nitrogens with zero attached hydrogens (tertiary/aromatic N) is 2. The number of halogens is 1. The normalized spacial score (nSPS) is 11.3. The zero-order valence-electron chi connectivity index (χ0n) is 10.2. The van der Waals surface area contributed by atoms with E-state index in [-0.39, 0.29) is 5.75 Å². The first-order chi connectivity index (χ1) is 8.92. The molecule has 0 radical (unpaired) electrons. The lowest BCUT2D eigenvalue weighted by Gasteiger charge is -2.06. The maximum atomic E-state index is 12.7. The van der Waals surface area contributed by atoms with Gasteiger partial charge >= 0.3 is 0 Å². The molecule has 2 aromatic rings. The van der Waals surface area contributed by atoms with Gasteiger partial charge in [0.1, 0.15) is 17.5 Å². The molecule has 0 fully saturated rings. The monoisotopic (exact) mass is 281 g/mol. The van der Waals surface area contributed by atoms with E-state index in [1.807, 2.05) is 0 Å². The first-order valence-corrected chi connectivity index (χ1v) is 7.50. The third-order valence-corrected chi connectivity index (χ3v) is 3.09. The van der Waals surface area contributed by atoms with Crippen LogP contribution in [0.4, 0.5) is 16.0 Å². The molecule has 0 aromatic carbocycles. The topological polar surface area (TPSA) is 72.0 Å². The summed E-state index contributed by atoms with van der Waals surface area (Å²) in [6, 6.07) is 5.99. The fraction of sp³-hybridized carbons (Fsp3) is 0.167. The molecule has 0 saturated heterocycles. The summed E-state index contributed by atoms with van der Waals surface area (Å²) < 4.78 is 35.1. The van der Waals surface area contributed by atoms with E-state index in [9.17, 15) is 12.8 Å². The van der Waals surface area contributed by atoms with Crippen LogP contribution in [0.2, 0.25) is 0 Å². The zero-order valence-corrected chi connectivity index (χ0v) is 11.0. The van der Waals surface area contributed by atoms with Crippen molar-refractivity contribution in [1.29, 1.82) is 0 Å². The molecule has 2 rings (SSSR count). The molecule has 2 aromatic heterocycles. The maximum Gasteiger partial charge on any atom is 0.151 e. The van der Waals surface area contributed by atoms with E-state index in [1.54, 1.807) is 12.1 Å². The Morgan fingerprint density at radius 2 is 2.00 bits per heavy atom. The Balaban J connectivity index is 2.17.